The van der Waals surface area contributed by atoms with E-state index in [4.69, 9.17) is 5.11 Å². The maximum Gasteiger partial charge on any atom is 0.220 e. The van der Waals surface area contributed by atoms with Gasteiger partial charge in [-0.15, -0.1) is 0 Å². The molecule has 1 aromatic rings. The van der Waals surface area contributed by atoms with Gasteiger partial charge in [-0.1, -0.05) is 12.1 Å². The summed E-state index contributed by atoms with van der Waals surface area (Å²) in [4.78, 5) is 11.4. The third-order valence-electron chi connectivity index (χ3n) is 2.61. The van der Waals surface area contributed by atoms with E-state index in [1.807, 2.05) is 7.05 Å². The smallest absolute Gasteiger partial charge is 0.220 e. The molecule has 3 N–H and O–H groups in total. The van der Waals surface area contributed by atoms with Gasteiger partial charge in [-0.2, -0.15) is 0 Å². The monoisotopic (exact) mass is 254 g/mol. The summed E-state index contributed by atoms with van der Waals surface area (Å²) in [6.45, 7) is 0.788. The number of carbonyl (C=O) groups excluding carboxylic acids is 1. The molecule has 0 heterocycles. The second-order valence-electron chi connectivity index (χ2n) is 4.07. The van der Waals surface area contributed by atoms with Crippen LogP contribution in [-0.4, -0.2) is 24.6 Å². The molecule has 4 nitrogen and oxygen atoms in total. The van der Waals surface area contributed by atoms with Gasteiger partial charge >= 0.3 is 0 Å². The van der Waals surface area contributed by atoms with Crippen LogP contribution < -0.4 is 10.6 Å². The third-order valence-corrected chi connectivity index (χ3v) is 2.61. The molecule has 0 radical (unpaired) electrons. The molecule has 0 saturated heterocycles. The first kappa shape index (κ1) is 14.6. The second-order valence-corrected chi connectivity index (χ2v) is 4.07. The van der Waals surface area contributed by atoms with Gasteiger partial charge in [-0.3, -0.25) is 4.79 Å². The number of aliphatic hydroxyl groups is 1. The van der Waals surface area contributed by atoms with Gasteiger partial charge in [0.2, 0.25) is 5.91 Å². The van der Waals surface area contributed by atoms with Crippen molar-refractivity contribution in [3.05, 3.63) is 35.1 Å². The molecule has 1 rings (SSSR count). The lowest BCUT2D eigenvalue weighted by Crippen LogP contribution is -2.23. The van der Waals surface area contributed by atoms with E-state index >= 15 is 0 Å². The Labute approximate surface area is 106 Å². The molecule has 0 fully saturated rings. The number of hydrogen-bond acceptors (Lipinski definition) is 3. The van der Waals surface area contributed by atoms with Crippen molar-refractivity contribution >= 4 is 5.91 Å². The highest BCUT2D eigenvalue weighted by molar-refractivity contribution is 5.75. The summed E-state index contributed by atoms with van der Waals surface area (Å²) < 4.78 is 13.3. The summed E-state index contributed by atoms with van der Waals surface area (Å²) >= 11 is 0. The van der Waals surface area contributed by atoms with Crippen molar-refractivity contribution in [2.75, 3.05) is 13.6 Å². The lowest BCUT2D eigenvalue weighted by atomic mass is 10.1. The summed E-state index contributed by atoms with van der Waals surface area (Å²) in [5, 5.41) is 14.5. The molecule has 0 aromatic heterocycles. The zero-order chi connectivity index (χ0) is 13.4. The fourth-order valence-electron chi connectivity index (χ4n) is 1.54. The van der Waals surface area contributed by atoms with Crippen molar-refractivity contribution in [3.8, 4) is 0 Å². The summed E-state index contributed by atoms with van der Waals surface area (Å²) in [7, 11) is 1.84. The van der Waals surface area contributed by atoms with Crippen LogP contribution >= 0.6 is 0 Å². The molecule has 100 valence electrons. The number of benzene rings is 1. The number of rotatable bonds is 7. The molecular formula is C13H19FN2O2. The lowest BCUT2D eigenvalue weighted by molar-refractivity contribution is -0.121. The van der Waals surface area contributed by atoms with Crippen molar-refractivity contribution in [1.82, 2.24) is 10.6 Å². The molecule has 0 spiro atoms. The fraction of sp³-hybridized carbons (Fsp3) is 0.462. The van der Waals surface area contributed by atoms with E-state index in [0.29, 0.717) is 18.5 Å². The maximum absolute atomic E-state index is 13.3. The maximum atomic E-state index is 13.3. The van der Waals surface area contributed by atoms with Gasteiger partial charge in [0, 0.05) is 18.5 Å². The van der Waals surface area contributed by atoms with Crippen LogP contribution in [0.4, 0.5) is 4.39 Å². The van der Waals surface area contributed by atoms with E-state index in [1.54, 1.807) is 6.07 Å². The molecule has 0 aliphatic carbocycles. The van der Waals surface area contributed by atoms with Crippen molar-refractivity contribution < 1.29 is 14.3 Å². The second kappa shape index (κ2) is 7.79. The van der Waals surface area contributed by atoms with Crippen LogP contribution in [0.1, 0.15) is 24.0 Å². The first-order valence-electron chi connectivity index (χ1n) is 5.97. The molecule has 0 unspecified atom stereocenters. The molecule has 0 saturated carbocycles. The Balaban J connectivity index is 2.39. The molecular weight excluding hydrogens is 235 g/mol. The Kier molecular flexibility index (Phi) is 6.32. The highest BCUT2D eigenvalue weighted by Crippen LogP contribution is 2.10. The molecule has 1 aromatic carbocycles. The Morgan fingerprint density at radius 1 is 1.44 bits per heavy atom. The van der Waals surface area contributed by atoms with Gasteiger partial charge in [0.05, 0.1) is 6.61 Å². The minimum absolute atomic E-state index is 0.0445. The Hall–Kier alpha value is -1.46. The number of halogens is 1. The summed E-state index contributed by atoms with van der Waals surface area (Å²) in [6, 6.07) is 4.56. The normalized spacial score (nSPS) is 10.4. The van der Waals surface area contributed by atoms with Gasteiger partial charge in [0.15, 0.2) is 0 Å². The fourth-order valence-corrected chi connectivity index (χ4v) is 1.54. The largest absolute Gasteiger partial charge is 0.392 e. The molecule has 18 heavy (non-hydrogen) atoms. The number of carbonyl (C=O) groups is 1. The Morgan fingerprint density at radius 2 is 2.22 bits per heavy atom. The highest BCUT2D eigenvalue weighted by Gasteiger charge is 2.04. The highest BCUT2D eigenvalue weighted by atomic mass is 19.1. The zero-order valence-corrected chi connectivity index (χ0v) is 10.5. The third kappa shape index (κ3) is 4.81. The van der Waals surface area contributed by atoms with Gasteiger partial charge < -0.3 is 15.7 Å². The van der Waals surface area contributed by atoms with Crippen LogP contribution in [-0.2, 0) is 17.9 Å². The molecule has 0 atom stereocenters. The van der Waals surface area contributed by atoms with E-state index in [2.05, 4.69) is 10.6 Å². The lowest BCUT2D eigenvalue weighted by Gasteiger charge is -2.07. The van der Waals surface area contributed by atoms with Crippen LogP contribution in [0, 0.1) is 5.82 Å². The van der Waals surface area contributed by atoms with E-state index in [9.17, 15) is 9.18 Å². The van der Waals surface area contributed by atoms with Crippen LogP contribution in [0.2, 0.25) is 0 Å². The SMILES string of the molecule is CNCCCC(=O)NCc1ccc(CO)c(F)c1. The summed E-state index contributed by atoms with van der Waals surface area (Å²) in [6.07, 6.45) is 1.23. The number of amides is 1. The molecule has 0 bridgehead atoms. The zero-order valence-electron chi connectivity index (χ0n) is 10.5. The van der Waals surface area contributed by atoms with Gasteiger partial charge in [-0.25, -0.2) is 4.39 Å². The number of hydrogen-bond donors (Lipinski definition) is 3. The van der Waals surface area contributed by atoms with Gasteiger partial charge in [-0.05, 0) is 31.6 Å². The number of aliphatic hydroxyl groups excluding tert-OH is 1. The van der Waals surface area contributed by atoms with Gasteiger partial charge in [0.25, 0.3) is 0 Å². The predicted molar refractivity (Wildman–Crippen MR) is 67.3 cm³/mol. The average molecular weight is 254 g/mol. The van der Waals surface area contributed by atoms with Crippen LogP contribution in [0.15, 0.2) is 18.2 Å². The van der Waals surface area contributed by atoms with Crippen LogP contribution in [0.25, 0.3) is 0 Å². The van der Waals surface area contributed by atoms with E-state index < -0.39 is 5.82 Å². The molecule has 1 amide bonds. The quantitative estimate of drug-likeness (QED) is 0.634. The van der Waals surface area contributed by atoms with E-state index in [-0.39, 0.29) is 18.1 Å². The molecule has 5 heteroatoms. The van der Waals surface area contributed by atoms with Crippen molar-refractivity contribution in [2.45, 2.75) is 26.0 Å². The van der Waals surface area contributed by atoms with Crippen molar-refractivity contribution in [3.63, 3.8) is 0 Å². The standard InChI is InChI=1S/C13H19FN2O2/c1-15-6-2-3-13(18)16-8-10-4-5-11(9-17)12(14)7-10/h4-5,7,15,17H,2-3,6,8-9H2,1H3,(H,16,18). The first-order valence-corrected chi connectivity index (χ1v) is 5.97. The predicted octanol–water partition coefficient (Wildman–Crippen LogP) is 0.934. The Bertz CT molecular complexity index is 397. The van der Waals surface area contributed by atoms with Crippen molar-refractivity contribution in [1.29, 1.82) is 0 Å². The van der Waals surface area contributed by atoms with Crippen LogP contribution in [0.3, 0.4) is 0 Å². The molecule has 0 aliphatic heterocycles. The minimum atomic E-state index is -0.445. The molecule has 0 aliphatic rings. The van der Waals surface area contributed by atoms with Crippen LogP contribution in [0.5, 0.6) is 0 Å². The first-order chi connectivity index (χ1) is 8.67. The summed E-state index contributed by atoms with van der Waals surface area (Å²) in [5.74, 6) is -0.490. The average Bonchev–Trinajstić information content (AvgIpc) is 2.37. The summed E-state index contributed by atoms with van der Waals surface area (Å²) in [5.41, 5.74) is 0.950. The van der Waals surface area contributed by atoms with Gasteiger partial charge in [0.1, 0.15) is 5.82 Å². The van der Waals surface area contributed by atoms with E-state index in [1.165, 1.54) is 12.1 Å². The van der Waals surface area contributed by atoms with E-state index in [0.717, 1.165) is 13.0 Å². The number of nitrogens with one attached hydrogen (secondary N) is 2. The Morgan fingerprint density at radius 3 is 2.83 bits per heavy atom. The minimum Gasteiger partial charge on any atom is -0.392 e. The van der Waals surface area contributed by atoms with Crippen molar-refractivity contribution in [2.24, 2.45) is 0 Å². The topological polar surface area (TPSA) is 61.4 Å².